The van der Waals surface area contributed by atoms with Gasteiger partial charge in [-0.2, -0.15) is 0 Å². The first-order valence-corrected chi connectivity index (χ1v) is 9.33. The summed E-state index contributed by atoms with van der Waals surface area (Å²) in [7, 11) is 1.51. The Morgan fingerprint density at radius 1 is 0.900 bits per heavy atom. The molecule has 4 aromatic rings. The molecule has 0 fully saturated rings. The number of amides is 1. The predicted molar refractivity (Wildman–Crippen MR) is 115 cm³/mol. The van der Waals surface area contributed by atoms with Crippen molar-refractivity contribution in [2.24, 2.45) is 0 Å². The minimum Gasteiger partial charge on any atom is -0.495 e. The molecule has 0 aliphatic heterocycles. The second kappa shape index (κ2) is 8.08. The zero-order chi connectivity index (χ0) is 21.1. The van der Waals surface area contributed by atoms with Crippen molar-refractivity contribution < 1.29 is 9.53 Å². The van der Waals surface area contributed by atoms with Gasteiger partial charge in [0.15, 0.2) is 0 Å². The second-order valence-corrected chi connectivity index (χ2v) is 6.61. The maximum atomic E-state index is 13.2. The van der Waals surface area contributed by atoms with Crippen LogP contribution in [-0.2, 0) is 11.3 Å². The molecule has 0 spiro atoms. The number of aromatic nitrogens is 2. The Kier molecular flexibility index (Phi) is 5.17. The molecule has 0 aliphatic carbocycles. The zero-order valence-corrected chi connectivity index (χ0v) is 16.2. The predicted octanol–water partition coefficient (Wildman–Crippen LogP) is 2.80. The first-order chi connectivity index (χ1) is 14.6. The summed E-state index contributed by atoms with van der Waals surface area (Å²) < 4.78 is 7.64. The van der Waals surface area contributed by atoms with E-state index in [0.29, 0.717) is 28.0 Å². The van der Waals surface area contributed by atoms with Crippen molar-refractivity contribution in [1.82, 2.24) is 9.13 Å². The van der Waals surface area contributed by atoms with E-state index >= 15 is 0 Å². The van der Waals surface area contributed by atoms with Crippen LogP contribution < -0.4 is 21.3 Å². The van der Waals surface area contributed by atoms with Crippen LogP contribution in [0, 0.1) is 0 Å². The Bertz CT molecular complexity index is 1340. The number of hydrogen-bond donors (Lipinski definition) is 1. The number of carbonyl (C=O) groups is 1. The number of ether oxygens (including phenoxy) is 1. The number of benzene rings is 3. The standard InChI is InChI=1S/C23H19N3O4/c1-30-20-14-8-6-12-18(20)24-21(27)15-25-19-13-7-5-11-17(19)22(28)26(23(25)29)16-9-3-2-4-10-16/h2-14H,15H2,1H3,(H,24,27). The monoisotopic (exact) mass is 401 g/mol. The Morgan fingerprint density at radius 2 is 1.57 bits per heavy atom. The molecule has 7 nitrogen and oxygen atoms in total. The van der Waals surface area contributed by atoms with E-state index in [0.717, 1.165) is 4.57 Å². The average molecular weight is 401 g/mol. The van der Waals surface area contributed by atoms with Crippen molar-refractivity contribution in [3.8, 4) is 11.4 Å². The Balaban J connectivity index is 1.82. The first kappa shape index (κ1) is 19.2. The van der Waals surface area contributed by atoms with Crippen LogP contribution >= 0.6 is 0 Å². The van der Waals surface area contributed by atoms with Crippen LogP contribution in [0.3, 0.4) is 0 Å². The molecule has 0 unspecified atom stereocenters. The van der Waals surface area contributed by atoms with Gasteiger partial charge in [0.25, 0.3) is 5.56 Å². The molecular weight excluding hydrogens is 382 g/mol. The van der Waals surface area contributed by atoms with Crippen LogP contribution in [0.2, 0.25) is 0 Å². The van der Waals surface area contributed by atoms with Gasteiger partial charge >= 0.3 is 5.69 Å². The number of carbonyl (C=O) groups excluding carboxylic acids is 1. The quantitative estimate of drug-likeness (QED) is 0.558. The van der Waals surface area contributed by atoms with Crippen LogP contribution in [0.4, 0.5) is 5.69 Å². The SMILES string of the molecule is COc1ccccc1NC(=O)Cn1c(=O)n(-c2ccccc2)c(=O)c2ccccc21. The summed E-state index contributed by atoms with van der Waals surface area (Å²) in [6.07, 6.45) is 0. The zero-order valence-electron chi connectivity index (χ0n) is 16.2. The van der Waals surface area contributed by atoms with Gasteiger partial charge in [0.2, 0.25) is 5.91 Å². The summed E-state index contributed by atoms with van der Waals surface area (Å²) in [6.45, 7) is -0.259. The van der Waals surface area contributed by atoms with Crippen LogP contribution in [0.1, 0.15) is 0 Å². The molecule has 0 bridgehead atoms. The van der Waals surface area contributed by atoms with E-state index in [1.807, 2.05) is 0 Å². The van der Waals surface area contributed by atoms with Crippen molar-refractivity contribution in [3.05, 3.63) is 99.7 Å². The number of rotatable bonds is 5. The Hall–Kier alpha value is -4.13. The van der Waals surface area contributed by atoms with E-state index in [1.165, 1.54) is 11.7 Å². The van der Waals surface area contributed by atoms with E-state index in [1.54, 1.807) is 78.9 Å². The second-order valence-electron chi connectivity index (χ2n) is 6.61. The molecule has 1 heterocycles. The number of nitrogens with one attached hydrogen (secondary N) is 1. The van der Waals surface area contributed by atoms with Gasteiger partial charge in [0.05, 0.1) is 29.4 Å². The lowest BCUT2D eigenvalue weighted by atomic mass is 10.2. The molecule has 1 N–H and O–H groups in total. The molecule has 0 radical (unpaired) electrons. The molecule has 0 atom stereocenters. The van der Waals surface area contributed by atoms with Crippen LogP contribution in [-0.4, -0.2) is 22.2 Å². The van der Waals surface area contributed by atoms with Gasteiger partial charge in [0, 0.05) is 0 Å². The molecular formula is C23H19N3O4. The summed E-state index contributed by atoms with van der Waals surface area (Å²) in [6, 6.07) is 22.4. The van der Waals surface area contributed by atoms with Gasteiger partial charge in [-0.25, -0.2) is 9.36 Å². The summed E-state index contributed by atoms with van der Waals surface area (Å²) in [5, 5.41) is 3.12. The van der Waals surface area contributed by atoms with Gasteiger partial charge in [-0.15, -0.1) is 0 Å². The maximum Gasteiger partial charge on any atom is 0.336 e. The number of fused-ring (bicyclic) bond motifs is 1. The third-order valence-electron chi connectivity index (χ3n) is 4.75. The summed E-state index contributed by atoms with van der Waals surface area (Å²) in [5.41, 5.74) is 0.328. The lowest BCUT2D eigenvalue weighted by Gasteiger charge is -2.15. The fourth-order valence-corrected chi connectivity index (χ4v) is 3.36. The van der Waals surface area contributed by atoms with Crippen molar-refractivity contribution >= 4 is 22.5 Å². The molecule has 1 aromatic heterocycles. The first-order valence-electron chi connectivity index (χ1n) is 9.33. The number of hydrogen-bond acceptors (Lipinski definition) is 4. The number of anilines is 1. The third-order valence-corrected chi connectivity index (χ3v) is 4.75. The van der Waals surface area contributed by atoms with Crippen molar-refractivity contribution in [1.29, 1.82) is 0 Å². The molecule has 0 saturated heterocycles. The highest BCUT2D eigenvalue weighted by atomic mass is 16.5. The molecule has 150 valence electrons. The fraction of sp³-hybridized carbons (Fsp3) is 0.0870. The molecule has 30 heavy (non-hydrogen) atoms. The average Bonchev–Trinajstić information content (AvgIpc) is 2.78. The molecule has 7 heteroatoms. The van der Waals surface area contributed by atoms with E-state index in [2.05, 4.69) is 5.32 Å². The van der Waals surface area contributed by atoms with Gasteiger partial charge in [-0.05, 0) is 36.4 Å². The summed E-state index contributed by atoms with van der Waals surface area (Å²) in [5.74, 6) is 0.0994. The van der Waals surface area contributed by atoms with E-state index in [4.69, 9.17) is 4.74 Å². The third kappa shape index (κ3) is 3.48. The van der Waals surface area contributed by atoms with E-state index < -0.39 is 17.2 Å². The number of para-hydroxylation sites is 4. The number of methoxy groups -OCH3 is 1. The van der Waals surface area contributed by atoms with Crippen molar-refractivity contribution in [3.63, 3.8) is 0 Å². The minimum absolute atomic E-state index is 0.259. The fourth-order valence-electron chi connectivity index (χ4n) is 3.36. The number of nitrogens with zero attached hydrogens (tertiary/aromatic N) is 2. The Labute approximate surface area is 171 Å². The Morgan fingerprint density at radius 3 is 2.33 bits per heavy atom. The van der Waals surface area contributed by atoms with E-state index in [9.17, 15) is 14.4 Å². The molecule has 1 amide bonds. The molecule has 0 saturated carbocycles. The molecule has 4 rings (SSSR count). The van der Waals surface area contributed by atoms with Crippen LogP contribution in [0.15, 0.2) is 88.5 Å². The molecule has 0 aliphatic rings. The topological polar surface area (TPSA) is 82.3 Å². The normalized spacial score (nSPS) is 10.7. The minimum atomic E-state index is -0.583. The van der Waals surface area contributed by atoms with Gasteiger partial charge in [-0.1, -0.05) is 42.5 Å². The van der Waals surface area contributed by atoms with E-state index in [-0.39, 0.29) is 6.54 Å². The smallest absolute Gasteiger partial charge is 0.336 e. The maximum absolute atomic E-state index is 13.2. The summed E-state index contributed by atoms with van der Waals surface area (Å²) >= 11 is 0. The highest BCUT2D eigenvalue weighted by Gasteiger charge is 2.17. The van der Waals surface area contributed by atoms with Crippen molar-refractivity contribution in [2.75, 3.05) is 12.4 Å². The van der Waals surface area contributed by atoms with Gasteiger partial charge in [0.1, 0.15) is 12.3 Å². The highest BCUT2D eigenvalue weighted by Crippen LogP contribution is 2.23. The lowest BCUT2D eigenvalue weighted by Crippen LogP contribution is -2.40. The molecule has 3 aromatic carbocycles. The summed E-state index contributed by atoms with van der Waals surface area (Å²) in [4.78, 5) is 39.0. The largest absolute Gasteiger partial charge is 0.495 e. The lowest BCUT2D eigenvalue weighted by molar-refractivity contribution is -0.116. The highest BCUT2D eigenvalue weighted by molar-refractivity contribution is 5.93. The van der Waals surface area contributed by atoms with Crippen LogP contribution in [0.25, 0.3) is 16.6 Å². The van der Waals surface area contributed by atoms with Gasteiger partial charge in [-0.3, -0.25) is 14.2 Å². The van der Waals surface area contributed by atoms with Crippen molar-refractivity contribution in [2.45, 2.75) is 6.54 Å². The van der Waals surface area contributed by atoms with Crippen LogP contribution in [0.5, 0.6) is 5.75 Å². The van der Waals surface area contributed by atoms with Gasteiger partial charge < -0.3 is 10.1 Å².